The van der Waals surface area contributed by atoms with Crippen molar-refractivity contribution in [3.05, 3.63) is 47.0 Å². The smallest absolute Gasteiger partial charge is 0.233 e. The molecule has 0 bridgehead atoms. The molecule has 1 amide bonds. The van der Waals surface area contributed by atoms with Gasteiger partial charge in [0.2, 0.25) is 11.7 Å². The summed E-state index contributed by atoms with van der Waals surface area (Å²) in [5.41, 5.74) is 0.449. The van der Waals surface area contributed by atoms with Gasteiger partial charge < -0.3 is 24.6 Å². The molecule has 1 aliphatic rings. The third-order valence-corrected chi connectivity index (χ3v) is 5.35. The van der Waals surface area contributed by atoms with Gasteiger partial charge in [-0.3, -0.25) is 4.79 Å². The van der Waals surface area contributed by atoms with Gasteiger partial charge in [-0.1, -0.05) is 23.7 Å². The monoisotopic (exact) mass is 391 g/mol. The maximum absolute atomic E-state index is 12.9. The molecule has 2 atom stereocenters. The van der Waals surface area contributed by atoms with Crippen molar-refractivity contribution in [3.63, 3.8) is 0 Å². The Balaban J connectivity index is 1.89. The Morgan fingerprint density at radius 2 is 1.81 bits per heavy atom. The van der Waals surface area contributed by atoms with E-state index in [0.29, 0.717) is 34.4 Å². The second kappa shape index (κ2) is 7.66. The lowest BCUT2D eigenvalue weighted by atomic mass is 9.98. The number of anilines is 1. The second-order valence-corrected chi connectivity index (χ2v) is 6.87. The first-order valence-corrected chi connectivity index (χ1v) is 8.85. The van der Waals surface area contributed by atoms with E-state index in [2.05, 4.69) is 5.32 Å². The third-order valence-electron chi connectivity index (χ3n) is 5.02. The fraction of sp³-hybridized carbons (Fsp3) is 0.350. The van der Waals surface area contributed by atoms with Gasteiger partial charge in [-0.15, -0.1) is 0 Å². The number of aliphatic hydroxyl groups excluding tert-OH is 1. The van der Waals surface area contributed by atoms with Crippen molar-refractivity contribution in [2.75, 3.05) is 33.3 Å². The van der Waals surface area contributed by atoms with Crippen LogP contribution in [0.2, 0.25) is 5.02 Å². The topological polar surface area (TPSA) is 77.0 Å². The molecule has 2 N–H and O–H groups in total. The van der Waals surface area contributed by atoms with E-state index < -0.39 is 5.41 Å². The molecule has 0 aromatic heterocycles. The molecule has 0 heterocycles. The molecule has 0 unspecified atom stereocenters. The van der Waals surface area contributed by atoms with Crippen LogP contribution in [0.1, 0.15) is 17.9 Å². The Morgan fingerprint density at radius 3 is 2.33 bits per heavy atom. The van der Waals surface area contributed by atoms with Gasteiger partial charge in [-0.2, -0.15) is 0 Å². The lowest BCUT2D eigenvalue weighted by molar-refractivity contribution is -0.122. The summed E-state index contributed by atoms with van der Waals surface area (Å²) in [4.78, 5) is 12.9. The number of para-hydroxylation sites is 1. The van der Waals surface area contributed by atoms with Gasteiger partial charge in [0.1, 0.15) is 0 Å². The number of halogens is 1. The minimum Gasteiger partial charge on any atom is -0.493 e. The van der Waals surface area contributed by atoms with Gasteiger partial charge >= 0.3 is 0 Å². The van der Waals surface area contributed by atoms with E-state index in [1.54, 1.807) is 24.3 Å². The highest BCUT2D eigenvalue weighted by molar-refractivity contribution is 6.33. The first-order chi connectivity index (χ1) is 13.0. The van der Waals surface area contributed by atoms with Crippen LogP contribution in [-0.2, 0) is 4.79 Å². The number of carbonyl (C=O) groups excluding carboxylic acids is 1. The number of rotatable bonds is 7. The van der Waals surface area contributed by atoms with Crippen LogP contribution in [0.4, 0.5) is 5.69 Å². The molecule has 0 radical (unpaired) electrons. The van der Waals surface area contributed by atoms with Crippen LogP contribution in [0, 0.1) is 5.41 Å². The van der Waals surface area contributed by atoms with E-state index in [0.717, 1.165) is 5.56 Å². The maximum atomic E-state index is 12.9. The van der Waals surface area contributed by atoms with Gasteiger partial charge in [0.05, 0.1) is 44.1 Å². The Morgan fingerprint density at radius 1 is 1.19 bits per heavy atom. The van der Waals surface area contributed by atoms with Crippen molar-refractivity contribution in [1.29, 1.82) is 0 Å². The average Bonchev–Trinajstić information content (AvgIpc) is 3.44. The highest BCUT2D eigenvalue weighted by Gasteiger charge is 2.60. The van der Waals surface area contributed by atoms with Crippen molar-refractivity contribution in [3.8, 4) is 17.2 Å². The van der Waals surface area contributed by atoms with E-state index in [1.165, 1.54) is 21.3 Å². The zero-order valence-corrected chi connectivity index (χ0v) is 16.2. The maximum Gasteiger partial charge on any atom is 0.233 e. The summed E-state index contributed by atoms with van der Waals surface area (Å²) in [6.07, 6.45) is 0.512. The third kappa shape index (κ3) is 3.42. The quantitative estimate of drug-likeness (QED) is 0.755. The van der Waals surface area contributed by atoms with Crippen molar-refractivity contribution >= 4 is 23.2 Å². The Labute approximate surface area is 163 Å². The highest BCUT2D eigenvalue weighted by Crippen LogP contribution is 2.61. The molecule has 1 aliphatic carbocycles. The predicted molar refractivity (Wildman–Crippen MR) is 103 cm³/mol. The zero-order chi connectivity index (χ0) is 19.6. The highest BCUT2D eigenvalue weighted by atomic mass is 35.5. The molecule has 3 rings (SSSR count). The molecule has 0 saturated heterocycles. The Hall–Kier alpha value is -2.44. The number of hydrogen-bond acceptors (Lipinski definition) is 5. The van der Waals surface area contributed by atoms with Crippen LogP contribution in [0.15, 0.2) is 36.4 Å². The molecule has 1 fully saturated rings. The average molecular weight is 392 g/mol. The number of hydrogen-bond donors (Lipinski definition) is 2. The van der Waals surface area contributed by atoms with Crippen molar-refractivity contribution in [2.45, 2.75) is 12.3 Å². The second-order valence-electron chi connectivity index (χ2n) is 6.46. The number of amides is 1. The molecule has 2 aromatic rings. The fourth-order valence-electron chi connectivity index (χ4n) is 3.35. The summed E-state index contributed by atoms with van der Waals surface area (Å²) >= 11 is 6.12. The molecular weight excluding hydrogens is 370 g/mol. The van der Waals surface area contributed by atoms with Crippen molar-refractivity contribution < 1.29 is 24.1 Å². The summed E-state index contributed by atoms with van der Waals surface area (Å²) in [7, 11) is 4.61. The Kier molecular flexibility index (Phi) is 5.48. The van der Waals surface area contributed by atoms with E-state index >= 15 is 0 Å². The fourth-order valence-corrected chi connectivity index (χ4v) is 3.53. The summed E-state index contributed by atoms with van der Waals surface area (Å²) < 4.78 is 16.1. The summed E-state index contributed by atoms with van der Waals surface area (Å²) in [5, 5.41) is 13.3. The molecule has 7 heteroatoms. The lowest BCUT2D eigenvalue weighted by Crippen LogP contribution is -2.29. The van der Waals surface area contributed by atoms with Gasteiger partial charge in [0, 0.05) is 5.92 Å². The predicted octanol–water partition coefficient (Wildman–Crippen LogP) is 3.47. The Bertz CT molecular complexity index is 831. The van der Waals surface area contributed by atoms with E-state index in [1.807, 2.05) is 12.1 Å². The number of benzene rings is 2. The summed E-state index contributed by atoms with van der Waals surface area (Å²) in [6, 6.07) is 10.6. The van der Waals surface area contributed by atoms with E-state index in [-0.39, 0.29) is 18.4 Å². The van der Waals surface area contributed by atoms with Crippen molar-refractivity contribution in [2.24, 2.45) is 5.41 Å². The molecule has 6 nitrogen and oxygen atoms in total. The van der Waals surface area contributed by atoms with Gasteiger partial charge in [-0.05, 0) is 36.2 Å². The number of aliphatic hydroxyl groups is 1. The minimum absolute atomic E-state index is 0.168. The molecule has 0 aliphatic heterocycles. The number of ether oxygens (including phenoxy) is 3. The number of nitrogens with one attached hydrogen (secondary N) is 1. The SMILES string of the molecule is COc1cc([C@H]2C[C@@]2(CO)C(=O)Nc2ccccc2Cl)cc(OC)c1OC. The van der Waals surface area contributed by atoms with Gasteiger partial charge in [0.25, 0.3) is 0 Å². The van der Waals surface area contributed by atoms with Crippen LogP contribution < -0.4 is 19.5 Å². The van der Waals surface area contributed by atoms with E-state index in [4.69, 9.17) is 25.8 Å². The number of methoxy groups -OCH3 is 3. The van der Waals surface area contributed by atoms with Gasteiger partial charge in [0.15, 0.2) is 11.5 Å². The first kappa shape index (κ1) is 19.3. The summed E-state index contributed by atoms with van der Waals surface area (Å²) in [5.74, 6) is 1.07. The van der Waals surface area contributed by atoms with Gasteiger partial charge in [-0.25, -0.2) is 0 Å². The van der Waals surface area contributed by atoms with Crippen LogP contribution >= 0.6 is 11.6 Å². The molecule has 144 valence electrons. The zero-order valence-electron chi connectivity index (χ0n) is 15.4. The standard InChI is InChI=1S/C20H22ClNO5/c1-25-16-8-12(9-17(26-2)18(16)27-3)13-10-20(13,11-23)19(24)22-15-7-5-4-6-14(15)21/h4-9,13,23H,10-11H2,1-3H3,(H,22,24)/t13-,20+/m1/s1. The van der Waals surface area contributed by atoms with Crippen molar-refractivity contribution in [1.82, 2.24) is 0 Å². The first-order valence-electron chi connectivity index (χ1n) is 8.47. The molecule has 0 spiro atoms. The minimum atomic E-state index is -0.913. The van der Waals surface area contributed by atoms with Crippen LogP contribution in [0.25, 0.3) is 0 Å². The van der Waals surface area contributed by atoms with E-state index in [9.17, 15) is 9.90 Å². The molecule has 27 heavy (non-hydrogen) atoms. The summed E-state index contributed by atoms with van der Waals surface area (Å²) in [6.45, 7) is -0.273. The lowest BCUT2D eigenvalue weighted by Gasteiger charge is -2.18. The molecular formula is C20H22ClNO5. The van der Waals surface area contributed by atoms with Crippen LogP contribution in [-0.4, -0.2) is 38.9 Å². The molecule has 2 aromatic carbocycles. The molecule has 1 saturated carbocycles. The van der Waals surface area contributed by atoms with Crippen LogP contribution in [0.3, 0.4) is 0 Å². The van der Waals surface area contributed by atoms with Crippen LogP contribution in [0.5, 0.6) is 17.2 Å². The largest absolute Gasteiger partial charge is 0.493 e. The normalized spacial score (nSPS) is 20.7. The number of carbonyl (C=O) groups is 1.